The largest absolute Gasteiger partial charge is 0.508 e. The second-order valence-corrected chi connectivity index (χ2v) is 12.4. The van der Waals surface area contributed by atoms with Crippen LogP contribution in [-0.2, 0) is 44.9 Å². The van der Waals surface area contributed by atoms with Crippen LogP contribution in [0, 0.1) is 0 Å². The number of hydrogen-bond acceptors (Lipinski definition) is 7. The lowest BCUT2D eigenvalue weighted by Gasteiger charge is -2.25. The summed E-state index contributed by atoms with van der Waals surface area (Å²) in [6.07, 6.45) is 6.60. The number of aromatic nitrogens is 4. The van der Waals surface area contributed by atoms with Crippen LogP contribution in [0.3, 0.4) is 0 Å². The molecular formula is C37H38N8O6. The number of aromatic amines is 3. The minimum atomic E-state index is -1.32. The summed E-state index contributed by atoms with van der Waals surface area (Å²) in [7, 11) is 0. The number of amides is 3. The van der Waals surface area contributed by atoms with Crippen molar-refractivity contribution in [3.05, 3.63) is 120 Å². The molecule has 0 fully saturated rings. The number of fused-ring (bicyclic) bond motifs is 2. The van der Waals surface area contributed by atoms with Gasteiger partial charge in [-0.05, 0) is 47.4 Å². The van der Waals surface area contributed by atoms with Crippen LogP contribution in [0.4, 0.5) is 0 Å². The number of H-pyrrole nitrogens is 3. The highest BCUT2D eigenvalue weighted by molar-refractivity contribution is 5.95. The first-order valence-corrected chi connectivity index (χ1v) is 16.4. The number of phenolic OH excluding ortho intramolecular Hbond substituents is 1. The number of carbonyl (C=O) groups is 4. The van der Waals surface area contributed by atoms with Gasteiger partial charge in [-0.2, -0.15) is 0 Å². The van der Waals surface area contributed by atoms with Gasteiger partial charge in [-0.3, -0.25) is 14.4 Å². The summed E-state index contributed by atoms with van der Waals surface area (Å²) in [6.45, 7) is 0. The zero-order valence-corrected chi connectivity index (χ0v) is 27.4. The highest BCUT2D eigenvalue weighted by Gasteiger charge is 2.31. The van der Waals surface area contributed by atoms with Crippen LogP contribution in [0.2, 0.25) is 0 Å². The van der Waals surface area contributed by atoms with Gasteiger partial charge in [0.2, 0.25) is 17.7 Å². The normalized spacial score (nSPS) is 13.7. The molecule has 0 bridgehead atoms. The van der Waals surface area contributed by atoms with Crippen molar-refractivity contribution in [3.63, 3.8) is 0 Å². The lowest BCUT2D eigenvalue weighted by atomic mass is 10.0. The molecule has 0 saturated carbocycles. The Morgan fingerprint density at radius 2 is 1.22 bits per heavy atom. The molecule has 0 saturated heterocycles. The lowest BCUT2D eigenvalue weighted by Crippen LogP contribution is -2.58. The summed E-state index contributed by atoms with van der Waals surface area (Å²) >= 11 is 0. The Labute approximate surface area is 291 Å². The van der Waals surface area contributed by atoms with Crippen molar-refractivity contribution in [2.45, 2.75) is 49.9 Å². The highest BCUT2D eigenvalue weighted by Crippen LogP contribution is 2.21. The Morgan fingerprint density at radius 3 is 1.80 bits per heavy atom. The smallest absolute Gasteiger partial charge is 0.326 e. The van der Waals surface area contributed by atoms with Crippen LogP contribution in [0.15, 0.2) is 97.7 Å². The number of imidazole rings is 1. The number of nitrogens with one attached hydrogen (secondary N) is 6. The van der Waals surface area contributed by atoms with Crippen LogP contribution in [0.25, 0.3) is 21.8 Å². The predicted octanol–water partition coefficient (Wildman–Crippen LogP) is 2.21. The SMILES string of the molecule is NC(Cc1c[nH]c2ccccc12)C(=O)NC(Cc1cnc[nH]1)C(=O)NC(Cc1ccc(O)cc1)C(=O)NC(Cc1c[nH]c2ccccc12)C(=O)O. The van der Waals surface area contributed by atoms with E-state index in [1.807, 2.05) is 48.5 Å². The molecule has 0 aliphatic carbocycles. The third-order valence-electron chi connectivity index (χ3n) is 8.79. The van der Waals surface area contributed by atoms with Crippen LogP contribution in [0.5, 0.6) is 5.75 Å². The first-order valence-electron chi connectivity index (χ1n) is 16.4. The molecule has 3 aromatic carbocycles. The van der Waals surface area contributed by atoms with Gasteiger partial charge in [-0.25, -0.2) is 9.78 Å². The topological polar surface area (TPSA) is 231 Å². The van der Waals surface area contributed by atoms with Crippen LogP contribution < -0.4 is 21.7 Å². The van der Waals surface area contributed by atoms with Gasteiger partial charge < -0.3 is 46.8 Å². The number of hydrogen-bond donors (Lipinski definition) is 9. The summed E-state index contributed by atoms with van der Waals surface area (Å²) in [5, 5.41) is 29.7. The molecule has 4 unspecified atom stereocenters. The third-order valence-corrected chi connectivity index (χ3v) is 8.79. The fourth-order valence-corrected chi connectivity index (χ4v) is 6.08. The number of benzene rings is 3. The van der Waals surface area contributed by atoms with Crippen LogP contribution >= 0.6 is 0 Å². The molecule has 6 rings (SSSR count). The standard InChI is InChI=1S/C37H38N8O6/c38-28(14-22-17-40-29-7-3-1-5-26(22)29)34(47)43-32(16-24-19-39-20-42-24)36(49)44-31(13-21-9-11-25(46)12-10-21)35(48)45-33(37(50)51)15-23-18-41-30-8-4-2-6-27(23)30/h1-12,17-20,28,31-33,40-41,46H,13-16,38H2,(H,39,42)(H,43,47)(H,44,49)(H,45,48)(H,50,51). The van der Waals surface area contributed by atoms with Gasteiger partial charge in [0.25, 0.3) is 0 Å². The number of rotatable bonds is 15. The van der Waals surface area contributed by atoms with E-state index in [1.165, 1.54) is 24.7 Å². The van der Waals surface area contributed by atoms with E-state index in [0.29, 0.717) is 16.8 Å². The molecule has 3 heterocycles. The Kier molecular flexibility index (Phi) is 10.4. The van der Waals surface area contributed by atoms with Gasteiger partial charge in [-0.15, -0.1) is 0 Å². The molecule has 0 radical (unpaired) electrons. The zero-order valence-electron chi connectivity index (χ0n) is 27.4. The summed E-state index contributed by atoms with van der Waals surface area (Å²) in [5.41, 5.74) is 10.7. The Morgan fingerprint density at radius 1 is 0.667 bits per heavy atom. The van der Waals surface area contributed by atoms with E-state index in [9.17, 15) is 29.4 Å². The van der Waals surface area contributed by atoms with Crippen LogP contribution in [-0.4, -0.2) is 78.0 Å². The van der Waals surface area contributed by atoms with E-state index >= 15 is 0 Å². The van der Waals surface area contributed by atoms with Gasteiger partial charge >= 0.3 is 5.97 Å². The second kappa shape index (κ2) is 15.4. The van der Waals surface area contributed by atoms with E-state index in [2.05, 4.69) is 35.9 Å². The molecule has 3 aromatic heterocycles. The van der Waals surface area contributed by atoms with Crippen molar-refractivity contribution in [2.24, 2.45) is 5.73 Å². The lowest BCUT2D eigenvalue weighted by molar-refractivity contribution is -0.142. The van der Waals surface area contributed by atoms with E-state index in [-0.39, 0.29) is 31.4 Å². The number of para-hydroxylation sites is 2. The van der Waals surface area contributed by atoms with Crippen molar-refractivity contribution < 1.29 is 29.4 Å². The van der Waals surface area contributed by atoms with Crippen LogP contribution in [0.1, 0.15) is 22.4 Å². The molecule has 0 aliphatic rings. The number of aliphatic carboxylic acids is 1. The van der Waals surface area contributed by atoms with E-state index < -0.39 is 47.9 Å². The molecule has 10 N–H and O–H groups in total. The van der Waals surface area contributed by atoms with Gasteiger partial charge in [-0.1, -0.05) is 48.5 Å². The monoisotopic (exact) mass is 690 g/mol. The average Bonchev–Trinajstić information content (AvgIpc) is 3.89. The number of carboxylic acid groups (broad SMARTS) is 1. The first-order chi connectivity index (χ1) is 24.6. The maximum Gasteiger partial charge on any atom is 0.326 e. The molecule has 3 amide bonds. The molecule has 0 spiro atoms. The first kappa shape index (κ1) is 34.5. The number of aromatic hydroxyl groups is 1. The van der Waals surface area contributed by atoms with Crippen molar-refractivity contribution in [2.75, 3.05) is 0 Å². The minimum absolute atomic E-state index is 0.00322. The van der Waals surface area contributed by atoms with Crippen molar-refractivity contribution in [3.8, 4) is 5.75 Å². The number of nitrogens with two attached hydrogens (primary N) is 1. The molecular weight excluding hydrogens is 652 g/mol. The van der Waals surface area contributed by atoms with Crippen molar-refractivity contribution >= 4 is 45.5 Å². The summed E-state index contributed by atoms with van der Waals surface area (Å²) < 4.78 is 0. The number of phenols is 1. The van der Waals surface area contributed by atoms with E-state index in [1.54, 1.807) is 24.5 Å². The molecule has 4 atom stereocenters. The molecule has 14 heteroatoms. The number of carbonyl (C=O) groups excluding carboxylic acids is 3. The quantitative estimate of drug-likeness (QED) is 0.0774. The van der Waals surface area contributed by atoms with Crippen molar-refractivity contribution in [1.82, 2.24) is 35.9 Å². The Balaban J connectivity index is 1.20. The third kappa shape index (κ3) is 8.43. The number of nitrogens with zero attached hydrogens (tertiary/aromatic N) is 1. The summed E-state index contributed by atoms with van der Waals surface area (Å²) in [5.74, 6) is -3.26. The van der Waals surface area contributed by atoms with E-state index in [4.69, 9.17) is 5.73 Å². The van der Waals surface area contributed by atoms with Crippen molar-refractivity contribution in [1.29, 1.82) is 0 Å². The molecule has 14 nitrogen and oxygen atoms in total. The van der Waals surface area contributed by atoms with Gasteiger partial charge in [0.1, 0.15) is 23.9 Å². The molecule has 51 heavy (non-hydrogen) atoms. The second-order valence-electron chi connectivity index (χ2n) is 12.4. The highest BCUT2D eigenvalue weighted by atomic mass is 16.4. The Bertz CT molecular complexity index is 2140. The minimum Gasteiger partial charge on any atom is -0.508 e. The molecule has 6 aromatic rings. The number of carboxylic acids is 1. The fourth-order valence-electron chi connectivity index (χ4n) is 6.08. The summed E-state index contributed by atoms with van der Waals surface area (Å²) in [6, 6.07) is 16.4. The zero-order chi connectivity index (χ0) is 35.9. The predicted molar refractivity (Wildman–Crippen MR) is 190 cm³/mol. The van der Waals surface area contributed by atoms with Gasteiger partial charge in [0, 0.05) is 65.4 Å². The average molecular weight is 691 g/mol. The maximum atomic E-state index is 14.0. The summed E-state index contributed by atoms with van der Waals surface area (Å²) in [4.78, 5) is 66.8. The van der Waals surface area contributed by atoms with Gasteiger partial charge in [0.05, 0.1) is 12.4 Å². The van der Waals surface area contributed by atoms with E-state index in [0.717, 1.165) is 27.4 Å². The Hall–Kier alpha value is -6.41. The molecule has 0 aliphatic heterocycles. The maximum absolute atomic E-state index is 14.0. The van der Waals surface area contributed by atoms with Gasteiger partial charge in [0.15, 0.2) is 0 Å². The fraction of sp³-hybridized carbons (Fsp3) is 0.216. The molecule has 262 valence electrons.